The van der Waals surface area contributed by atoms with Gasteiger partial charge in [0.2, 0.25) is 5.13 Å². The first-order chi connectivity index (χ1) is 15.2. The average molecular weight is 494 g/mol. The third kappa shape index (κ3) is 5.51. The highest BCUT2D eigenvalue weighted by Gasteiger charge is 2.10. The van der Waals surface area contributed by atoms with Crippen molar-refractivity contribution < 1.29 is 9.47 Å². The second kappa shape index (κ2) is 10.2. The summed E-state index contributed by atoms with van der Waals surface area (Å²) in [5.74, 6) is 1.29. The minimum absolute atomic E-state index is 0.418. The van der Waals surface area contributed by atoms with Crippen LogP contribution in [0.3, 0.4) is 0 Å². The van der Waals surface area contributed by atoms with Gasteiger partial charge in [-0.1, -0.05) is 64.5 Å². The lowest BCUT2D eigenvalue weighted by Gasteiger charge is -2.13. The standard InChI is InChI=1S/C24H20BrN3O2S/c1-29-22-12-6-10-19(23(22)30-15-17-7-5-11-20(25)13-17)14-26-28-24-27-21(16-31-24)18-8-3-2-4-9-18/h2-14,16H,15H2,1H3,(H,27,28). The number of ether oxygens (including phenoxy) is 2. The number of thiazole rings is 1. The molecule has 0 spiro atoms. The first-order valence-electron chi connectivity index (χ1n) is 9.57. The van der Waals surface area contributed by atoms with Gasteiger partial charge < -0.3 is 9.47 Å². The minimum Gasteiger partial charge on any atom is -0.493 e. The van der Waals surface area contributed by atoms with Gasteiger partial charge in [0, 0.05) is 21.0 Å². The van der Waals surface area contributed by atoms with Crippen LogP contribution in [0.25, 0.3) is 11.3 Å². The van der Waals surface area contributed by atoms with Gasteiger partial charge in [-0.25, -0.2) is 4.98 Å². The Morgan fingerprint density at radius 1 is 1.06 bits per heavy atom. The molecule has 7 heteroatoms. The van der Waals surface area contributed by atoms with E-state index in [0.29, 0.717) is 18.1 Å². The molecule has 0 saturated heterocycles. The third-order valence-electron chi connectivity index (χ3n) is 4.44. The van der Waals surface area contributed by atoms with E-state index in [2.05, 4.69) is 31.4 Å². The molecule has 0 unspecified atom stereocenters. The predicted octanol–water partition coefficient (Wildman–Crippen LogP) is 6.61. The molecule has 4 aromatic rings. The van der Waals surface area contributed by atoms with E-state index in [9.17, 15) is 0 Å². The Bertz CT molecular complexity index is 1180. The maximum Gasteiger partial charge on any atom is 0.203 e. The first-order valence-corrected chi connectivity index (χ1v) is 11.2. The Labute approximate surface area is 193 Å². The Kier molecular flexibility index (Phi) is 6.96. The molecular formula is C24H20BrN3O2S. The summed E-state index contributed by atoms with van der Waals surface area (Å²) in [5.41, 5.74) is 6.86. The van der Waals surface area contributed by atoms with Crippen LogP contribution in [0.2, 0.25) is 0 Å². The summed E-state index contributed by atoms with van der Waals surface area (Å²) in [4.78, 5) is 4.59. The molecule has 0 atom stereocenters. The van der Waals surface area contributed by atoms with Crippen LogP contribution in [0.5, 0.6) is 11.5 Å². The fraction of sp³-hybridized carbons (Fsp3) is 0.0833. The molecule has 0 amide bonds. The Morgan fingerprint density at radius 3 is 2.71 bits per heavy atom. The largest absolute Gasteiger partial charge is 0.493 e. The molecule has 4 rings (SSSR count). The minimum atomic E-state index is 0.418. The maximum absolute atomic E-state index is 6.09. The summed E-state index contributed by atoms with van der Waals surface area (Å²) in [5, 5.41) is 7.08. The number of benzene rings is 3. The fourth-order valence-electron chi connectivity index (χ4n) is 2.96. The predicted molar refractivity (Wildman–Crippen MR) is 130 cm³/mol. The van der Waals surface area contributed by atoms with Gasteiger partial charge in [0.1, 0.15) is 6.61 Å². The van der Waals surface area contributed by atoms with Gasteiger partial charge in [0.05, 0.1) is 19.0 Å². The number of anilines is 1. The molecule has 0 aliphatic carbocycles. The van der Waals surface area contributed by atoms with Crippen LogP contribution in [0.4, 0.5) is 5.13 Å². The molecule has 0 bridgehead atoms. The molecule has 1 heterocycles. The topological polar surface area (TPSA) is 55.7 Å². The second-order valence-corrected chi connectivity index (χ2v) is 8.34. The van der Waals surface area contributed by atoms with Crippen molar-refractivity contribution in [3.8, 4) is 22.8 Å². The molecule has 1 aromatic heterocycles. The fourth-order valence-corrected chi connectivity index (χ4v) is 4.07. The number of methoxy groups -OCH3 is 1. The van der Waals surface area contributed by atoms with Crippen molar-refractivity contribution in [3.63, 3.8) is 0 Å². The van der Waals surface area contributed by atoms with Crippen molar-refractivity contribution in [3.05, 3.63) is 93.8 Å². The number of rotatable bonds is 8. The van der Waals surface area contributed by atoms with Crippen LogP contribution in [-0.2, 0) is 6.61 Å². The van der Waals surface area contributed by atoms with E-state index < -0.39 is 0 Å². The van der Waals surface area contributed by atoms with Gasteiger partial charge in [0.25, 0.3) is 0 Å². The molecule has 0 aliphatic heterocycles. The molecular weight excluding hydrogens is 474 g/mol. The zero-order chi connectivity index (χ0) is 21.5. The van der Waals surface area contributed by atoms with E-state index >= 15 is 0 Å². The van der Waals surface area contributed by atoms with E-state index in [1.165, 1.54) is 11.3 Å². The van der Waals surface area contributed by atoms with Crippen LogP contribution in [0.1, 0.15) is 11.1 Å². The maximum atomic E-state index is 6.09. The van der Waals surface area contributed by atoms with E-state index in [1.807, 2.05) is 78.2 Å². The van der Waals surface area contributed by atoms with Gasteiger partial charge in [-0.05, 0) is 29.8 Å². The molecule has 31 heavy (non-hydrogen) atoms. The van der Waals surface area contributed by atoms with Crippen LogP contribution < -0.4 is 14.9 Å². The smallest absolute Gasteiger partial charge is 0.203 e. The molecule has 1 N–H and O–H groups in total. The van der Waals surface area contributed by atoms with Gasteiger partial charge in [0.15, 0.2) is 11.5 Å². The number of aromatic nitrogens is 1. The lowest BCUT2D eigenvalue weighted by Crippen LogP contribution is -2.01. The molecule has 0 aliphatic rings. The number of hydrazone groups is 1. The van der Waals surface area contributed by atoms with Crippen LogP contribution in [0, 0.1) is 0 Å². The van der Waals surface area contributed by atoms with Crippen molar-refractivity contribution in [1.29, 1.82) is 0 Å². The Balaban J connectivity index is 1.48. The summed E-state index contributed by atoms with van der Waals surface area (Å²) >= 11 is 4.99. The van der Waals surface area contributed by atoms with Gasteiger partial charge in [-0.3, -0.25) is 5.43 Å². The van der Waals surface area contributed by atoms with Crippen LogP contribution in [0.15, 0.2) is 87.8 Å². The van der Waals surface area contributed by atoms with E-state index in [-0.39, 0.29) is 0 Å². The van der Waals surface area contributed by atoms with Crippen LogP contribution in [-0.4, -0.2) is 18.3 Å². The lowest BCUT2D eigenvalue weighted by molar-refractivity contribution is 0.284. The summed E-state index contributed by atoms with van der Waals surface area (Å²) in [6, 6.07) is 23.8. The molecule has 0 fully saturated rings. The highest BCUT2D eigenvalue weighted by atomic mass is 79.9. The van der Waals surface area contributed by atoms with Crippen molar-refractivity contribution in [1.82, 2.24) is 4.98 Å². The highest BCUT2D eigenvalue weighted by Crippen LogP contribution is 2.31. The second-order valence-electron chi connectivity index (χ2n) is 6.57. The van der Waals surface area contributed by atoms with Gasteiger partial charge >= 0.3 is 0 Å². The Hall–Kier alpha value is -3.16. The summed E-state index contributed by atoms with van der Waals surface area (Å²) < 4.78 is 12.6. The van der Waals surface area contributed by atoms with Gasteiger partial charge in [-0.2, -0.15) is 5.10 Å². The molecule has 3 aromatic carbocycles. The van der Waals surface area contributed by atoms with E-state index in [0.717, 1.165) is 32.0 Å². The molecule has 0 radical (unpaired) electrons. The molecule has 156 valence electrons. The number of halogens is 1. The molecule has 0 saturated carbocycles. The van der Waals surface area contributed by atoms with Crippen LogP contribution >= 0.6 is 27.3 Å². The van der Waals surface area contributed by atoms with E-state index in [1.54, 1.807) is 13.3 Å². The number of para-hydroxylation sites is 1. The summed E-state index contributed by atoms with van der Waals surface area (Å²) in [6.07, 6.45) is 1.71. The zero-order valence-electron chi connectivity index (χ0n) is 16.8. The average Bonchev–Trinajstić information content (AvgIpc) is 3.27. The Morgan fingerprint density at radius 2 is 1.90 bits per heavy atom. The SMILES string of the molecule is COc1cccc(C=NNc2nc(-c3ccccc3)cs2)c1OCc1cccc(Br)c1. The quantitative estimate of drug-likeness (QED) is 0.221. The summed E-state index contributed by atoms with van der Waals surface area (Å²) in [7, 11) is 1.63. The van der Waals surface area contributed by atoms with Crippen molar-refractivity contribution in [2.45, 2.75) is 6.61 Å². The number of nitrogens with zero attached hydrogens (tertiary/aromatic N) is 2. The monoisotopic (exact) mass is 493 g/mol. The van der Waals surface area contributed by atoms with Crippen molar-refractivity contribution >= 4 is 38.6 Å². The normalized spacial score (nSPS) is 10.9. The van der Waals surface area contributed by atoms with Gasteiger partial charge in [-0.15, -0.1) is 11.3 Å². The zero-order valence-corrected chi connectivity index (χ0v) is 19.2. The number of hydrogen-bond donors (Lipinski definition) is 1. The first kappa shape index (κ1) is 21.1. The molecule has 5 nitrogen and oxygen atoms in total. The third-order valence-corrected chi connectivity index (χ3v) is 5.68. The van der Waals surface area contributed by atoms with Crippen molar-refractivity contribution in [2.75, 3.05) is 12.5 Å². The number of nitrogens with one attached hydrogen (secondary N) is 1. The number of hydrogen-bond acceptors (Lipinski definition) is 6. The summed E-state index contributed by atoms with van der Waals surface area (Å²) in [6.45, 7) is 0.418. The van der Waals surface area contributed by atoms with Crippen molar-refractivity contribution in [2.24, 2.45) is 5.10 Å². The van der Waals surface area contributed by atoms with E-state index in [4.69, 9.17) is 9.47 Å². The lowest BCUT2D eigenvalue weighted by atomic mass is 10.2. The highest BCUT2D eigenvalue weighted by molar-refractivity contribution is 9.10.